The lowest BCUT2D eigenvalue weighted by Crippen LogP contribution is -2.22. The Balaban J connectivity index is 1.50. The fraction of sp³-hybridized carbons (Fsp3) is 0.111. The highest BCUT2D eigenvalue weighted by Gasteiger charge is 2.36. The lowest BCUT2D eigenvalue weighted by Gasteiger charge is -2.25. The van der Waals surface area contributed by atoms with Gasteiger partial charge in [-0.1, -0.05) is 58.4 Å². The molecule has 0 saturated heterocycles. The van der Waals surface area contributed by atoms with E-state index in [4.69, 9.17) is 20.3 Å². The summed E-state index contributed by atoms with van der Waals surface area (Å²) in [5.74, 6) is 0.965. The summed E-state index contributed by atoms with van der Waals surface area (Å²) < 4.78 is 14.6. The third-order valence-electron chi connectivity index (χ3n) is 5.77. The van der Waals surface area contributed by atoms with Crippen LogP contribution >= 0.6 is 15.9 Å². The Morgan fingerprint density at radius 1 is 1.06 bits per heavy atom. The third-order valence-corrected chi connectivity index (χ3v) is 6.29. The molecule has 0 amide bonds. The maximum absolute atomic E-state index is 9.90. The predicted octanol–water partition coefficient (Wildman–Crippen LogP) is 5.74. The first-order chi connectivity index (χ1) is 16.5. The summed E-state index contributed by atoms with van der Waals surface area (Å²) in [6.45, 7) is 2.40. The van der Waals surface area contributed by atoms with Crippen LogP contribution in [0.4, 0.5) is 0 Å². The highest BCUT2D eigenvalue weighted by molar-refractivity contribution is 9.10. The van der Waals surface area contributed by atoms with E-state index in [9.17, 15) is 5.26 Å². The van der Waals surface area contributed by atoms with Crippen molar-refractivity contribution in [3.63, 3.8) is 0 Å². The fourth-order valence-electron chi connectivity index (χ4n) is 4.10. The second-order valence-corrected chi connectivity index (χ2v) is 8.88. The van der Waals surface area contributed by atoms with Crippen molar-refractivity contribution < 1.29 is 9.47 Å². The lowest BCUT2D eigenvalue weighted by atomic mass is 9.84. The number of allylic oxidation sites excluding steroid dienone is 1. The molecule has 168 valence electrons. The van der Waals surface area contributed by atoms with Gasteiger partial charge in [0.15, 0.2) is 0 Å². The minimum absolute atomic E-state index is 0.0858. The molecule has 1 atom stereocenters. The number of ether oxygens (including phenoxy) is 2. The van der Waals surface area contributed by atoms with Crippen molar-refractivity contribution in [2.24, 2.45) is 5.73 Å². The molecule has 0 radical (unpaired) electrons. The second kappa shape index (κ2) is 9.08. The van der Waals surface area contributed by atoms with Crippen LogP contribution in [0.25, 0.3) is 5.69 Å². The quantitative estimate of drug-likeness (QED) is 0.368. The van der Waals surface area contributed by atoms with Crippen molar-refractivity contribution >= 4 is 15.9 Å². The van der Waals surface area contributed by atoms with Crippen LogP contribution in [-0.4, -0.2) is 9.78 Å². The minimum atomic E-state index is -0.388. The Kier molecular flexibility index (Phi) is 5.83. The number of halogens is 1. The maximum atomic E-state index is 9.90. The van der Waals surface area contributed by atoms with Gasteiger partial charge in [-0.2, -0.15) is 10.4 Å². The Labute approximate surface area is 206 Å². The van der Waals surface area contributed by atoms with Gasteiger partial charge in [0.25, 0.3) is 0 Å². The van der Waals surface area contributed by atoms with Crippen molar-refractivity contribution in [2.75, 3.05) is 0 Å². The molecule has 34 heavy (non-hydrogen) atoms. The molecule has 1 aromatic heterocycles. The first-order valence-electron chi connectivity index (χ1n) is 10.7. The van der Waals surface area contributed by atoms with Crippen molar-refractivity contribution in [1.82, 2.24) is 9.78 Å². The molecular formula is C27H21BrN4O2. The standard InChI is InChI=1S/C27H21BrN4O2/c1-17-24-25(19-7-13-22(14-8-19)33-16-18-5-3-2-4-6-18)23(15-29)26(30)34-27(24)32(31-17)21-11-9-20(28)10-12-21/h2-14,25H,16,30H2,1H3/t25-/m1/s1. The Morgan fingerprint density at radius 3 is 2.44 bits per heavy atom. The number of nitrogens with two attached hydrogens (primary N) is 1. The molecule has 1 aliphatic rings. The largest absolute Gasteiger partial charge is 0.489 e. The van der Waals surface area contributed by atoms with Crippen molar-refractivity contribution in [2.45, 2.75) is 19.4 Å². The molecule has 2 N–H and O–H groups in total. The number of benzene rings is 3. The molecule has 0 aliphatic carbocycles. The van der Waals surface area contributed by atoms with Crippen LogP contribution in [0.5, 0.6) is 11.6 Å². The highest BCUT2D eigenvalue weighted by atomic mass is 79.9. The van der Waals surface area contributed by atoms with Gasteiger partial charge in [0, 0.05) is 4.47 Å². The normalized spacial score (nSPS) is 14.8. The van der Waals surface area contributed by atoms with Crippen LogP contribution in [0, 0.1) is 18.3 Å². The fourth-order valence-corrected chi connectivity index (χ4v) is 4.37. The van der Waals surface area contributed by atoms with E-state index in [1.54, 1.807) is 4.68 Å². The summed E-state index contributed by atoms with van der Waals surface area (Å²) in [5, 5.41) is 14.6. The molecule has 5 rings (SSSR count). The van der Waals surface area contributed by atoms with Crippen LogP contribution in [0.2, 0.25) is 0 Å². The molecule has 4 aromatic rings. The van der Waals surface area contributed by atoms with E-state index in [0.29, 0.717) is 18.1 Å². The van der Waals surface area contributed by atoms with Gasteiger partial charge >= 0.3 is 0 Å². The van der Waals surface area contributed by atoms with E-state index in [1.807, 2.05) is 85.8 Å². The van der Waals surface area contributed by atoms with Crippen LogP contribution in [0.15, 0.2) is 94.8 Å². The molecule has 0 unspecified atom stereocenters. The van der Waals surface area contributed by atoms with Crippen LogP contribution in [0.3, 0.4) is 0 Å². The van der Waals surface area contributed by atoms with E-state index in [0.717, 1.165) is 38.3 Å². The molecule has 7 heteroatoms. The Hall–Kier alpha value is -4.02. The van der Waals surface area contributed by atoms with E-state index in [1.165, 1.54) is 0 Å². The SMILES string of the molecule is Cc1nn(-c2ccc(Br)cc2)c2c1[C@H](c1ccc(OCc3ccccc3)cc1)C(C#N)=C(N)O2. The van der Waals surface area contributed by atoms with E-state index in [-0.39, 0.29) is 11.8 Å². The summed E-state index contributed by atoms with van der Waals surface area (Å²) in [6, 6.07) is 27.7. The van der Waals surface area contributed by atoms with Crippen molar-refractivity contribution in [3.05, 3.63) is 117 Å². The van der Waals surface area contributed by atoms with Gasteiger partial charge in [0.1, 0.15) is 24.0 Å². The number of hydrogen-bond donors (Lipinski definition) is 1. The van der Waals surface area contributed by atoms with E-state index >= 15 is 0 Å². The van der Waals surface area contributed by atoms with Crippen LogP contribution < -0.4 is 15.2 Å². The molecule has 6 nitrogen and oxygen atoms in total. The van der Waals surface area contributed by atoms with Gasteiger partial charge in [0.2, 0.25) is 11.8 Å². The van der Waals surface area contributed by atoms with Gasteiger partial charge in [-0.15, -0.1) is 0 Å². The number of rotatable bonds is 5. The summed E-state index contributed by atoms with van der Waals surface area (Å²) >= 11 is 3.46. The summed E-state index contributed by atoms with van der Waals surface area (Å²) in [7, 11) is 0. The zero-order chi connectivity index (χ0) is 23.7. The molecular weight excluding hydrogens is 492 g/mol. The Bertz CT molecular complexity index is 1400. The molecule has 0 bridgehead atoms. The minimum Gasteiger partial charge on any atom is -0.489 e. The molecule has 2 heterocycles. The molecule has 3 aromatic carbocycles. The zero-order valence-corrected chi connectivity index (χ0v) is 20.0. The summed E-state index contributed by atoms with van der Waals surface area (Å²) in [5.41, 5.74) is 11.0. The van der Waals surface area contributed by atoms with E-state index in [2.05, 4.69) is 22.0 Å². The smallest absolute Gasteiger partial charge is 0.229 e. The molecule has 0 spiro atoms. The summed E-state index contributed by atoms with van der Waals surface area (Å²) in [4.78, 5) is 0. The number of fused-ring (bicyclic) bond motifs is 1. The number of nitriles is 1. The van der Waals surface area contributed by atoms with E-state index < -0.39 is 0 Å². The lowest BCUT2D eigenvalue weighted by molar-refractivity contribution is 0.306. The number of aryl methyl sites for hydroxylation is 1. The van der Waals surface area contributed by atoms with Gasteiger partial charge < -0.3 is 15.2 Å². The van der Waals surface area contributed by atoms with Crippen LogP contribution in [0.1, 0.15) is 28.3 Å². The Morgan fingerprint density at radius 2 is 1.76 bits per heavy atom. The zero-order valence-electron chi connectivity index (χ0n) is 18.4. The second-order valence-electron chi connectivity index (χ2n) is 7.96. The first kappa shape index (κ1) is 21.8. The van der Waals surface area contributed by atoms with Gasteiger partial charge in [-0.3, -0.25) is 0 Å². The monoisotopic (exact) mass is 512 g/mol. The third kappa shape index (κ3) is 4.04. The number of nitrogens with zero attached hydrogens (tertiary/aromatic N) is 3. The van der Waals surface area contributed by atoms with Crippen LogP contribution in [-0.2, 0) is 6.61 Å². The van der Waals surface area contributed by atoms with Crippen molar-refractivity contribution in [3.8, 4) is 23.4 Å². The molecule has 1 aliphatic heterocycles. The molecule has 0 fully saturated rings. The average Bonchev–Trinajstić information content (AvgIpc) is 3.19. The first-order valence-corrected chi connectivity index (χ1v) is 11.5. The molecule has 0 saturated carbocycles. The highest BCUT2D eigenvalue weighted by Crippen LogP contribution is 2.44. The van der Waals surface area contributed by atoms with Gasteiger partial charge in [-0.05, 0) is 54.4 Å². The van der Waals surface area contributed by atoms with Crippen molar-refractivity contribution in [1.29, 1.82) is 5.26 Å². The topological polar surface area (TPSA) is 86.1 Å². The number of hydrogen-bond acceptors (Lipinski definition) is 5. The average molecular weight is 513 g/mol. The maximum Gasteiger partial charge on any atom is 0.229 e. The number of aromatic nitrogens is 2. The van der Waals surface area contributed by atoms with Gasteiger partial charge in [0.05, 0.1) is 22.9 Å². The predicted molar refractivity (Wildman–Crippen MR) is 133 cm³/mol. The summed E-state index contributed by atoms with van der Waals surface area (Å²) in [6.07, 6.45) is 0. The van der Waals surface area contributed by atoms with Gasteiger partial charge in [-0.25, -0.2) is 4.68 Å².